The molecular weight excluding hydrogens is 462 g/mol. The van der Waals surface area contributed by atoms with Crippen LogP contribution in [0.3, 0.4) is 0 Å². The van der Waals surface area contributed by atoms with Crippen LogP contribution in [0.15, 0.2) is 69.6 Å². The number of carbonyl (C=O) groups excluding carboxylic acids is 2. The molecule has 0 fully saturated rings. The van der Waals surface area contributed by atoms with Gasteiger partial charge >= 0.3 is 5.97 Å². The lowest BCUT2D eigenvalue weighted by Gasteiger charge is -2.24. The normalized spacial score (nSPS) is 15.6. The molecular formula is C27H27N3O4S. The second kappa shape index (κ2) is 9.84. The fraction of sp³-hybridized carbons (Fsp3) is 0.259. The summed E-state index contributed by atoms with van der Waals surface area (Å²) >= 11 is 1.28. The van der Waals surface area contributed by atoms with E-state index >= 15 is 0 Å². The van der Waals surface area contributed by atoms with Crippen LogP contribution in [-0.4, -0.2) is 23.6 Å². The summed E-state index contributed by atoms with van der Waals surface area (Å²) in [6.45, 7) is 7.45. The number of nitrogens with zero attached hydrogens (tertiary/aromatic N) is 2. The van der Waals surface area contributed by atoms with Crippen LogP contribution in [0.2, 0.25) is 0 Å². The summed E-state index contributed by atoms with van der Waals surface area (Å²) in [7, 11) is 1.33. The van der Waals surface area contributed by atoms with Crippen LogP contribution in [0.4, 0.5) is 5.69 Å². The van der Waals surface area contributed by atoms with Gasteiger partial charge in [-0.2, -0.15) is 0 Å². The van der Waals surface area contributed by atoms with E-state index in [9.17, 15) is 14.4 Å². The Morgan fingerprint density at radius 2 is 1.77 bits per heavy atom. The molecule has 0 saturated carbocycles. The lowest BCUT2D eigenvalue weighted by molar-refractivity contribution is -0.136. The molecule has 1 aliphatic heterocycles. The van der Waals surface area contributed by atoms with Gasteiger partial charge in [0.05, 0.1) is 29.0 Å². The smallest absolute Gasteiger partial charge is 0.338 e. The highest BCUT2D eigenvalue weighted by atomic mass is 32.1. The highest BCUT2D eigenvalue weighted by molar-refractivity contribution is 7.07. The zero-order valence-electron chi connectivity index (χ0n) is 20.3. The number of thiazole rings is 1. The Hall–Kier alpha value is -3.78. The number of fused-ring (bicyclic) bond motifs is 1. The van der Waals surface area contributed by atoms with Gasteiger partial charge in [-0.1, -0.05) is 61.6 Å². The minimum absolute atomic E-state index is 0.149. The molecule has 7 nitrogen and oxygen atoms in total. The van der Waals surface area contributed by atoms with Gasteiger partial charge in [-0.3, -0.25) is 14.2 Å². The monoisotopic (exact) mass is 489 g/mol. The lowest BCUT2D eigenvalue weighted by atomic mass is 9.93. The number of nitrogens with one attached hydrogen (secondary N) is 1. The van der Waals surface area contributed by atoms with Crippen molar-refractivity contribution in [2.75, 3.05) is 12.4 Å². The Kier molecular flexibility index (Phi) is 6.84. The van der Waals surface area contributed by atoms with Crippen molar-refractivity contribution in [1.29, 1.82) is 0 Å². The summed E-state index contributed by atoms with van der Waals surface area (Å²) in [6.07, 6.45) is 1.79. The zero-order valence-corrected chi connectivity index (χ0v) is 21.1. The van der Waals surface area contributed by atoms with Crippen LogP contribution in [0.5, 0.6) is 0 Å². The molecule has 1 N–H and O–H groups in total. The van der Waals surface area contributed by atoms with E-state index < -0.39 is 12.0 Å². The number of anilines is 1. The molecule has 1 aromatic heterocycles. The highest BCUT2D eigenvalue weighted by Gasteiger charge is 2.33. The third-order valence-corrected chi connectivity index (χ3v) is 6.86. The van der Waals surface area contributed by atoms with E-state index in [4.69, 9.17) is 4.74 Å². The van der Waals surface area contributed by atoms with Crippen molar-refractivity contribution in [1.82, 2.24) is 4.57 Å². The van der Waals surface area contributed by atoms with Crippen LogP contribution in [0.25, 0.3) is 6.08 Å². The van der Waals surface area contributed by atoms with Crippen molar-refractivity contribution in [2.45, 2.75) is 39.7 Å². The van der Waals surface area contributed by atoms with Gasteiger partial charge < -0.3 is 10.1 Å². The summed E-state index contributed by atoms with van der Waals surface area (Å²) in [6, 6.07) is 14.6. The third-order valence-electron chi connectivity index (χ3n) is 5.87. The number of aromatic nitrogens is 1. The number of esters is 1. The minimum atomic E-state index is -0.635. The maximum atomic E-state index is 13.6. The summed E-state index contributed by atoms with van der Waals surface area (Å²) in [4.78, 5) is 42.7. The number of allylic oxidation sites excluding steroid dienone is 1. The first kappa shape index (κ1) is 24.3. The topological polar surface area (TPSA) is 89.8 Å². The van der Waals surface area contributed by atoms with Crippen molar-refractivity contribution in [3.05, 3.63) is 96.2 Å². The molecule has 0 bridgehead atoms. The Labute approximate surface area is 207 Å². The molecule has 35 heavy (non-hydrogen) atoms. The minimum Gasteiger partial charge on any atom is -0.466 e. The third kappa shape index (κ3) is 4.88. The number of hydrogen-bond donors (Lipinski definition) is 1. The Morgan fingerprint density at radius 1 is 1.11 bits per heavy atom. The van der Waals surface area contributed by atoms with E-state index in [-0.39, 0.29) is 11.5 Å². The standard InChI is InChI=1S/C27H27N3O4S/c1-15(2)19-8-10-20(11-9-19)24-23(26(33)34-5)16(3)28-27-30(24)25(32)22(35-27)14-18-6-12-21(13-7-18)29-17(4)31/h6-15,24H,1-5H3,(H,29,31). The van der Waals surface area contributed by atoms with Crippen LogP contribution in [-0.2, 0) is 14.3 Å². The fourth-order valence-electron chi connectivity index (χ4n) is 4.09. The second-order valence-corrected chi connectivity index (χ2v) is 9.71. The van der Waals surface area contributed by atoms with Gasteiger partial charge in [-0.15, -0.1) is 0 Å². The average molecular weight is 490 g/mol. The number of hydrogen-bond acceptors (Lipinski definition) is 6. The van der Waals surface area contributed by atoms with Gasteiger partial charge in [0, 0.05) is 12.6 Å². The SMILES string of the molecule is COC(=O)C1=C(C)N=c2sc(=Cc3ccc(NC(C)=O)cc3)c(=O)n2C1c1ccc(C(C)C)cc1. The fourth-order valence-corrected chi connectivity index (χ4v) is 5.14. The first-order valence-electron chi connectivity index (χ1n) is 11.3. The van der Waals surface area contributed by atoms with E-state index in [0.29, 0.717) is 32.2 Å². The number of benzene rings is 2. The Morgan fingerprint density at radius 3 is 2.34 bits per heavy atom. The van der Waals surface area contributed by atoms with Crippen molar-refractivity contribution in [3.63, 3.8) is 0 Å². The molecule has 2 aromatic carbocycles. The molecule has 4 rings (SSSR count). The summed E-state index contributed by atoms with van der Waals surface area (Å²) in [5.74, 6) is -0.295. The molecule has 1 aliphatic rings. The quantitative estimate of drug-likeness (QED) is 0.556. The van der Waals surface area contributed by atoms with Gasteiger partial charge in [0.1, 0.15) is 0 Å². The largest absolute Gasteiger partial charge is 0.466 e. The molecule has 0 spiro atoms. The molecule has 1 amide bonds. The number of ether oxygens (including phenoxy) is 1. The first-order valence-corrected chi connectivity index (χ1v) is 12.1. The number of rotatable bonds is 5. The van der Waals surface area contributed by atoms with E-state index in [1.54, 1.807) is 29.7 Å². The Bertz CT molecular complexity index is 1490. The molecule has 0 radical (unpaired) electrons. The van der Waals surface area contributed by atoms with Gasteiger partial charge in [0.2, 0.25) is 5.91 Å². The number of carbonyl (C=O) groups is 2. The van der Waals surface area contributed by atoms with E-state index in [1.807, 2.05) is 36.4 Å². The molecule has 1 atom stereocenters. The van der Waals surface area contributed by atoms with E-state index in [1.165, 1.54) is 30.9 Å². The Balaban J connectivity index is 1.85. The number of methoxy groups -OCH3 is 1. The van der Waals surface area contributed by atoms with Crippen LogP contribution >= 0.6 is 11.3 Å². The highest BCUT2D eigenvalue weighted by Crippen LogP contribution is 2.31. The molecule has 8 heteroatoms. The number of amides is 1. The van der Waals surface area contributed by atoms with Gasteiger partial charge in [0.15, 0.2) is 4.80 Å². The zero-order chi connectivity index (χ0) is 25.3. The molecule has 1 unspecified atom stereocenters. The van der Waals surface area contributed by atoms with E-state index in [2.05, 4.69) is 24.2 Å². The maximum Gasteiger partial charge on any atom is 0.338 e. The molecule has 180 valence electrons. The predicted octanol–water partition coefficient (Wildman–Crippen LogP) is 3.49. The van der Waals surface area contributed by atoms with Crippen molar-refractivity contribution >= 4 is 35.0 Å². The van der Waals surface area contributed by atoms with E-state index in [0.717, 1.165) is 11.1 Å². The van der Waals surface area contributed by atoms with Gasteiger partial charge in [-0.05, 0) is 47.7 Å². The molecule has 0 saturated heterocycles. The van der Waals surface area contributed by atoms with Gasteiger partial charge in [0.25, 0.3) is 5.56 Å². The summed E-state index contributed by atoms with van der Waals surface area (Å²) in [5, 5.41) is 2.73. The second-order valence-electron chi connectivity index (χ2n) is 8.70. The van der Waals surface area contributed by atoms with Crippen LogP contribution < -0.4 is 20.2 Å². The molecule has 0 aliphatic carbocycles. The maximum absolute atomic E-state index is 13.6. The lowest BCUT2D eigenvalue weighted by Crippen LogP contribution is -2.39. The van der Waals surface area contributed by atoms with Crippen LogP contribution in [0.1, 0.15) is 56.3 Å². The molecule has 3 aromatic rings. The average Bonchev–Trinajstić information content (AvgIpc) is 3.13. The summed E-state index contributed by atoms with van der Waals surface area (Å²) < 4.78 is 7.14. The van der Waals surface area contributed by atoms with Crippen LogP contribution in [0, 0.1) is 0 Å². The summed E-state index contributed by atoms with van der Waals surface area (Å²) in [5.41, 5.74) is 4.13. The first-order chi connectivity index (χ1) is 16.7. The van der Waals surface area contributed by atoms with Crippen molar-refractivity contribution < 1.29 is 14.3 Å². The van der Waals surface area contributed by atoms with Gasteiger partial charge in [-0.25, -0.2) is 9.79 Å². The van der Waals surface area contributed by atoms with Crippen molar-refractivity contribution in [3.8, 4) is 0 Å². The molecule has 2 heterocycles. The van der Waals surface area contributed by atoms with Crippen molar-refractivity contribution in [2.24, 2.45) is 4.99 Å². The predicted molar refractivity (Wildman–Crippen MR) is 137 cm³/mol.